The fourth-order valence-electron chi connectivity index (χ4n) is 7.42. The molecule has 0 saturated heterocycles. The Labute approximate surface area is 244 Å². The molecule has 5 aromatic carbocycles. The number of aromatic nitrogens is 1. The largest absolute Gasteiger partial charge is 0.329 e. The van der Waals surface area contributed by atoms with Gasteiger partial charge in [0.15, 0.2) is 0 Å². The zero-order chi connectivity index (χ0) is 28.0. The van der Waals surface area contributed by atoms with E-state index in [9.17, 15) is 4.79 Å². The number of carbonyl (C=O) groups is 1. The Hall–Kier alpha value is -3.41. The number of nitrogens with zero attached hydrogens (tertiary/aromatic N) is 2. The molecule has 1 aromatic heterocycles. The summed E-state index contributed by atoms with van der Waals surface area (Å²) in [6.07, 6.45) is 3.77. The number of fused-ring (bicyclic) bond motifs is 2. The zero-order valence-corrected chi connectivity index (χ0v) is 25.1. The molecule has 6 aromatic rings. The van der Waals surface area contributed by atoms with Gasteiger partial charge in [0.1, 0.15) is 9.63 Å². The van der Waals surface area contributed by atoms with Crippen LogP contribution < -0.4 is 5.35 Å². The van der Waals surface area contributed by atoms with Crippen LogP contribution in [0.3, 0.4) is 0 Å². The molecule has 0 spiro atoms. The molecular weight excluding hydrogens is 529 g/mol. The lowest BCUT2D eigenvalue weighted by Crippen LogP contribution is -2.46. The average Bonchev–Trinajstić information content (AvgIpc) is 2.98. The van der Waals surface area contributed by atoms with Crippen molar-refractivity contribution in [1.82, 2.24) is 9.47 Å². The van der Waals surface area contributed by atoms with Crippen LogP contribution in [0.1, 0.15) is 75.3 Å². The highest BCUT2D eigenvalue weighted by Gasteiger charge is 2.35. The fraction of sp³-hybridized carbons (Fsp3) is 0.286. The van der Waals surface area contributed by atoms with Crippen molar-refractivity contribution in [2.24, 2.45) is 0 Å². The van der Waals surface area contributed by atoms with Crippen molar-refractivity contribution in [1.29, 1.82) is 0 Å². The SMILES string of the molecule is C=c1c2ccc3c4ccc5c6c(ccc(c7ccc(c(=S)n1C(CC)CC)c2c37)c64)C(=O)N(C(CC)CC)C5=S. The van der Waals surface area contributed by atoms with Crippen LogP contribution in [0.5, 0.6) is 0 Å². The lowest BCUT2D eigenvalue weighted by molar-refractivity contribution is 0.0799. The van der Waals surface area contributed by atoms with Gasteiger partial charge in [-0.25, -0.2) is 0 Å². The summed E-state index contributed by atoms with van der Waals surface area (Å²) in [4.78, 5) is 16.4. The summed E-state index contributed by atoms with van der Waals surface area (Å²) in [6.45, 7) is 13.2. The van der Waals surface area contributed by atoms with Crippen molar-refractivity contribution in [2.75, 3.05) is 0 Å². The number of amides is 1. The Bertz CT molecular complexity index is 2020. The van der Waals surface area contributed by atoms with E-state index in [1.54, 1.807) is 0 Å². The van der Waals surface area contributed by atoms with E-state index in [1.165, 1.54) is 21.5 Å². The van der Waals surface area contributed by atoms with Crippen molar-refractivity contribution in [3.8, 4) is 0 Å². The topological polar surface area (TPSA) is 25.2 Å². The smallest absolute Gasteiger partial charge is 0.259 e. The Kier molecular flexibility index (Phi) is 5.78. The van der Waals surface area contributed by atoms with Gasteiger partial charge < -0.3 is 4.57 Å². The summed E-state index contributed by atoms with van der Waals surface area (Å²) in [5.74, 6) is 0.0223. The highest BCUT2D eigenvalue weighted by molar-refractivity contribution is 7.80. The Morgan fingerprint density at radius 1 is 0.625 bits per heavy atom. The van der Waals surface area contributed by atoms with Gasteiger partial charge in [-0.1, -0.05) is 101 Å². The minimum Gasteiger partial charge on any atom is -0.329 e. The van der Waals surface area contributed by atoms with Gasteiger partial charge in [0.2, 0.25) is 0 Å². The second-order valence-electron chi connectivity index (χ2n) is 11.2. The summed E-state index contributed by atoms with van der Waals surface area (Å²) in [6, 6.07) is 17.8. The predicted octanol–water partition coefficient (Wildman–Crippen LogP) is 9.23. The van der Waals surface area contributed by atoms with E-state index in [2.05, 4.69) is 81.3 Å². The lowest BCUT2D eigenvalue weighted by atomic mass is 9.83. The fourth-order valence-corrected chi connectivity index (χ4v) is 8.25. The summed E-state index contributed by atoms with van der Waals surface area (Å²) >= 11 is 12.1. The monoisotopic (exact) mass is 560 g/mol. The Morgan fingerprint density at radius 2 is 1.07 bits per heavy atom. The predicted molar refractivity (Wildman–Crippen MR) is 177 cm³/mol. The summed E-state index contributed by atoms with van der Waals surface area (Å²) in [5.41, 5.74) is 1.74. The van der Waals surface area contributed by atoms with Crippen molar-refractivity contribution in [3.05, 3.63) is 69.6 Å². The number of hydrogen-bond donors (Lipinski definition) is 0. The van der Waals surface area contributed by atoms with E-state index >= 15 is 0 Å². The first-order chi connectivity index (χ1) is 19.4. The van der Waals surface area contributed by atoms with E-state index in [0.717, 1.165) is 79.1 Å². The molecule has 0 fully saturated rings. The molecule has 7 rings (SSSR count). The molecule has 0 N–H and O–H groups in total. The van der Waals surface area contributed by atoms with Crippen LogP contribution in [0.2, 0.25) is 0 Å². The Balaban J connectivity index is 1.63. The van der Waals surface area contributed by atoms with E-state index in [4.69, 9.17) is 24.4 Å². The van der Waals surface area contributed by atoms with E-state index in [-0.39, 0.29) is 11.9 Å². The molecule has 0 radical (unpaired) electrons. The first-order valence-electron chi connectivity index (χ1n) is 14.5. The molecule has 2 heterocycles. The summed E-state index contributed by atoms with van der Waals surface area (Å²) in [7, 11) is 0. The second-order valence-corrected chi connectivity index (χ2v) is 12.0. The van der Waals surface area contributed by atoms with Crippen molar-refractivity contribution in [3.63, 3.8) is 0 Å². The third kappa shape index (κ3) is 3.08. The van der Waals surface area contributed by atoms with Crippen LogP contribution in [0.15, 0.2) is 48.5 Å². The third-order valence-electron chi connectivity index (χ3n) is 9.47. The Morgan fingerprint density at radius 3 is 1.65 bits per heavy atom. The van der Waals surface area contributed by atoms with Crippen LogP contribution in [-0.4, -0.2) is 26.4 Å². The molecule has 0 atom stereocenters. The average molecular weight is 561 g/mol. The number of carbonyl (C=O) groups excluding carboxylic acids is 1. The van der Waals surface area contributed by atoms with Gasteiger partial charge >= 0.3 is 0 Å². The van der Waals surface area contributed by atoms with Crippen LogP contribution in [0.4, 0.5) is 0 Å². The molecule has 200 valence electrons. The number of benzene rings is 5. The summed E-state index contributed by atoms with van der Waals surface area (Å²) < 4.78 is 3.14. The molecule has 1 aliphatic rings. The van der Waals surface area contributed by atoms with Crippen LogP contribution >= 0.6 is 24.4 Å². The maximum atomic E-state index is 13.9. The van der Waals surface area contributed by atoms with Gasteiger partial charge in [0.25, 0.3) is 5.91 Å². The first-order valence-corrected chi connectivity index (χ1v) is 15.3. The molecular formula is C35H32N2OS2. The normalized spacial score (nSPS) is 14.1. The molecule has 3 nitrogen and oxygen atoms in total. The van der Waals surface area contributed by atoms with Crippen LogP contribution in [-0.2, 0) is 0 Å². The van der Waals surface area contributed by atoms with E-state index in [1.807, 2.05) is 11.0 Å². The number of pyridine rings is 1. The van der Waals surface area contributed by atoms with Crippen LogP contribution in [0.25, 0.3) is 60.4 Å². The number of hydrogen-bond acceptors (Lipinski definition) is 3. The maximum Gasteiger partial charge on any atom is 0.259 e. The maximum absolute atomic E-state index is 13.9. The van der Waals surface area contributed by atoms with Crippen molar-refractivity contribution >= 4 is 95.8 Å². The molecule has 5 heteroatoms. The van der Waals surface area contributed by atoms with Gasteiger partial charge in [-0.3, -0.25) is 9.69 Å². The molecule has 0 aliphatic carbocycles. The van der Waals surface area contributed by atoms with E-state index in [0.29, 0.717) is 11.0 Å². The second kappa shape index (κ2) is 9.05. The minimum absolute atomic E-state index is 0.0223. The molecule has 40 heavy (non-hydrogen) atoms. The van der Waals surface area contributed by atoms with Gasteiger partial charge in [-0.2, -0.15) is 0 Å². The van der Waals surface area contributed by atoms with Gasteiger partial charge in [0, 0.05) is 50.1 Å². The highest BCUT2D eigenvalue weighted by atomic mass is 32.1. The van der Waals surface area contributed by atoms with E-state index < -0.39 is 0 Å². The van der Waals surface area contributed by atoms with Crippen LogP contribution in [0, 0.1) is 4.64 Å². The molecule has 1 aliphatic heterocycles. The first kappa shape index (κ1) is 25.6. The molecule has 1 amide bonds. The molecule has 0 unspecified atom stereocenters. The number of rotatable bonds is 6. The number of thiocarbonyl (C=S) groups is 1. The summed E-state index contributed by atoms with van der Waals surface area (Å²) in [5, 5.41) is 12.4. The van der Waals surface area contributed by atoms with Crippen molar-refractivity contribution < 1.29 is 4.79 Å². The van der Waals surface area contributed by atoms with Gasteiger partial charge in [-0.15, -0.1) is 0 Å². The van der Waals surface area contributed by atoms with Gasteiger partial charge in [0.05, 0.1) is 0 Å². The zero-order valence-electron chi connectivity index (χ0n) is 23.4. The molecule has 0 bridgehead atoms. The quantitative estimate of drug-likeness (QED) is 0.115. The standard InChI is InChI=1S/C35H32N2OS2/c1-6-19(7-2)36-18(5)21-10-11-22-25-14-17-28-32-26(33(38)37(35(28)40)20(8-3)9-4)15-12-23(31(25)32)24-13-16-27(34(36)39)29(21)30(22)24/h10-17,19-20H,5-9H2,1-4H3. The highest BCUT2D eigenvalue weighted by Crippen LogP contribution is 2.46. The van der Waals surface area contributed by atoms with Gasteiger partial charge in [-0.05, 0) is 64.1 Å². The molecule has 0 saturated carbocycles. The van der Waals surface area contributed by atoms with Crippen molar-refractivity contribution in [2.45, 2.75) is 65.5 Å². The third-order valence-corrected chi connectivity index (χ3v) is 10.3. The lowest BCUT2D eigenvalue weighted by Gasteiger charge is -2.35. The minimum atomic E-state index is 0.0223.